The minimum atomic E-state index is -0.298. The maximum absolute atomic E-state index is 13.3. The van der Waals surface area contributed by atoms with Gasteiger partial charge in [0, 0.05) is 12.5 Å². The van der Waals surface area contributed by atoms with Crippen LogP contribution in [0.25, 0.3) is 5.69 Å². The lowest BCUT2D eigenvalue weighted by Gasteiger charge is -2.15. The Kier molecular flexibility index (Phi) is 3.35. The molecule has 1 aromatic carbocycles. The van der Waals surface area contributed by atoms with Gasteiger partial charge >= 0.3 is 0 Å². The van der Waals surface area contributed by atoms with Gasteiger partial charge in [0.2, 0.25) is 0 Å². The fraction of sp³-hybridized carbons (Fsp3) is 0.438. The van der Waals surface area contributed by atoms with Crippen LogP contribution in [0.3, 0.4) is 0 Å². The van der Waals surface area contributed by atoms with E-state index < -0.39 is 0 Å². The van der Waals surface area contributed by atoms with E-state index in [-0.39, 0.29) is 11.4 Å². The molecular formula is C16H20FN3O. The highest BCUT2D eigenvalue weighted by Gasteiger charge is 2.32. The molecule has 3 rings (SSSR count). The number of rotatable bonds is 4. The molecule has 0 amide bonds. The summed E-state index contributed by atoms with van der Waals surface area (Å²) in [5, 5.41) is 0. The van der Waals surface area contributed by atoms with E-state index in [4.69, 9.17) is 5.73 Å². The molecule has 2 aromatic rings. The summed E-state index contributed by atoms with van der Waals surface area (Å²) in [7, 11) is 0. The predicted molar refractivity (Wildman–Crippen MR) is 81.4 cm³/mol. The van der Waals surface area contributed by atoms with Crippen molar-refractivity contribution in [1.82, 2.24) is 9.36 Å². The van der Waals surface area contributed by atoms with E-state index in [0.717, 1.165) is 37.1 Å². The van der Waals surface area contributed by atoms with Crippen molar-refractivity contribution in [3.8, 4) is 5.69 Å². The van der Waals surface area contributed by atoms with Gasteiger partial charge in [-0.3, -0.25) is 9.48 Å². The van der Waals surface area contributed by atoms with Crippen LogP contribution in [0.15, 0.2) is 23.0 Å². The number of halogens is 1. The van der Waals surface area contributed by atoms with Crippen LogP contribution in [0.2, 0.25) is 0 Å². The lowest BCUT2D eigenvalue weighted by molar-refractivity contribution is 0.513. The number of nitrogens with two attached hydrogens (primary N) is 1. The summed E-state index contributed by atoms with van der Waals surface area (Å²) in [5.74, 6) is 0.0968. The van der Waals surface area contributed by atoms with E-state index in [1.54, 1.807) is 17.7 Å². The molecular weight excluding hydrogens is 269 g/mol. The summed E-state index contributed by atoms with van der Waals surface area (Å²) < 4.78 is 16.9. The van der Waals surface area contributed by atoms with Gasteiger partial charge in [-0.1, -0.05) is 6.92 Å². The van der Waals surface area contributed by atoms with Crippen molar-refractivity contribution < 1.29 is 4.39 Å². The highest BCUT2D eigenvalue weighted by molar-refractivity contribution is 5.50. The van der Waals surface area contributed by atoms with Crippen LogP contribution >= 0.6 is 0 Å². The van der Waals surface area contributed by atoms with Crippen molar-refractivity contribution in [1.29, 1.82) is 0 Å². The van der Waals surface area contributed by atoms with Gasteiger partial charge in [-0.15, -0.1) is 0 Å². The SMILES string of the molecule is CCCn1c(C2CC2)c(N)c(=O)n1-c1ccc(F)cc1C. The second kappa shape index (κ2) is 5.06. The Morgan fingerprint density at radius 2 is 2.10 bits per heavy atom. The number of aryl methyl sites for hydroxylation is 1. The van der Waals surface area contributed by atoms with E-state index in [9.17, 15) is 9.18 Å². The first-order valence-electron chi connectivity index (χ1n) is 7.42. The normalized spacial score (nSPS) is 14.6. The molecule has 0 unspecified atom stereocenters. The van der Waals surface area contributed by atoms with Gasteiger partial charge in [-0.2, -0.15) is 0 Å². The van der Waals surface area contributed by atoms with Crippen molar-refractivity contribution >= 4 is 5.69 Å². The van der Waals surface area contributed by atoms with Gasteiger partial charge < -0.3 is 5.73 Å². The Morgan fingerprint density at radius 1 is 1.38 bits per heavy atom. The number of aromatic nitrogens is 2. The van der Waals surface area contributed by atoms with E-state index in [1.165, 1.54) is 12.1 Å². The third-order valence-electron chi connectivity index (χ3n) is 4.00. The van der Waals surface area contributed by atoms with Crippen LogP contribution in [0.4, 0.5) is 10.1 Å². The smallest absolute Gasteiger partial charge is 0.294 e. The van der Waals surface area contributed by atoms with Crippen LogP contribution in [-0.4, -0.2) is 9.36 Å². The third-order valence-corrected chi connectivity index (χ3v) is 4.00. The fourth-order valence-corrected chi connectivity index (χ4v) is 2.90. The molecule has 1 saturated carbocycles. The topological polar surface area (TPSA) is 52.9 Å². The lowest BCUT2D eigenvalue weighted by atomic mass is 10.2. The maximum atomic E-state index is 13.3. The number of hydrogen-bond acceptors (Lipinski definition) is 2. The van der Waals surface area contributed by atoms with Gasteiger partial charge in [-0.05, 0) is 49.9 Å². The molecule has 5 heteroatoms. The molecule has 1 aromatic heterocycles. The Morgan fingerprint density at radius 3 is 2.67 bits per heavy atom. The first-order valence-corrected chi connectivity index (χ1v) is 7.42. The van der Waals surface area contributed by atoms with Crippen molar-refractivity contribution in [2.24, 2.45) is 0 Å². The Bertz CT molecular complexity index is 741. The van der Waals surface area contributed by atoms with Crippen molar-refractivity contribution in [3.05, 3.63) is 45.6 Å². The minimum Gasteiger partial charge on any atom is -0.393 e. The maximum Gasteiger partial charge on any atom is 0.294 e. The number of nitrogens with zero attached hydrogens (tertiary/aromatic N) is 2. The van der Waals surface area contributed by atoms with Gasteiger partial charge in [0.05, 0.1) is 11.4 Å². The van der Waals surface area contributed by atoms with Gasteiger partial charge in [0.1, 0.15) is 11.5 Å². The number of hydrogen-bond donors (Lipinski definition) is 1. The lowest BCUT2D eigenvalue weighted by Crippen LogP contribution is -2.23. The van der Waals surface area contributed by atoms with Crippen LogP contribution < -0.4 is 11.3 Å². The van der Waals surface area contributed by atoms with E-state index >= 15 is 0 Å². The molecule has 112 valence electrons. The van der Waals surface area contributed by atoms with Crippen molar-refractivity contribution in [2.75, 3.05) is 5.73 Å². The van der Waals surface area contributed by atoms with Crippen LogP contribution in [-0.2, 0) is 6.54 Å². The standard InChI is InChI=1S/C16H20FN3O/c1-3-8-19-15(11-4-5-11)14(18)16(21)20(19)13-7-6-12(17)9-10(13)2/h6-7,9,11H,3-5,8,18H2,1-2H3. The number of nitrogen functional groups attached to an aromatic ring is 1. The highest BCUT2D eigenvalue weighted by atomic mass is 19.1. The first-order chi connectivity index (χ1) is 10.0. The Balaban J connectivity index is 2.26. The molecule has 2 N–H and O–H groups in total. The Hall–Kier alpha value is -2.04. The molecule has 21 heavy (non-hydrogen) atoms. The third kappa shape index (κ3) is 2.26. The summed E-state index contributed by atoms with van der Waals surface area (Å²) in [6.45, 7) is 4.61. The summed E-state index contributed by atoms with van der Waals surface area (Å²) in [4.78, 5) is 12.6. The molecule has 1 aliphatic rings. The van der Waals surface area contributed by atoms with Gasteiger partial charge in [-0.25, -0.2) is 9.07 Å². The Labute approximate surface area is 123 Å². The van der Waals surface area contributed by atoms with Gasteiger partial charge in [0.25, 0.3) is 5.56 Å². The molecule has 4 nitrogen and oxygen atoms in total. The second-order valence-corrected chi connectivity index (χ2v) is 5.74. The molecule has 0 spiro atoms. The predicted octanol–water partition coefficient (Wildman–Crippen LogP) is 2.96. The average Bonchev–Trinajstić information content (AvgIpc) is 3.22. The molecule has 0 radical (unpaired) electrons. The molecule has 0 bridgehead atoms. The number of anilines is 1. The zero-order valence-corrected chi connectivity index (χ0v) is 12.4. The molecule has 0 atom stereocenters. The molecule has 0 aliphatic heterocycles. The zero-order valence-electron chi connectivity index (χ0n) is 12.4. The molecule has 0 saturated heterocycles. The summed E-state index contributed by atoms with van der Waals surface area (Å²) in [6.07, 6.45) is 3.08. The highest BCUT2D eigenvalue weighted by Crippen LogP contribution is 2.42. The van der Waals surface area contributed by atoms with Gasteiger partial charge in [0.15, 0.2) is 0 Å². The summed E-state index contributed by atoms with van der Waals surface area (Å²) in [5.41, 5.74) is 8.60. The van der Waals surface area contributed by atoms with Crippen LogP contribution in [0, 0.1) is 12.7 Å². The van der Waals surface area contributed by atoms with Crippen molar-refractivity contribution in [3.63, 3.8) is 0 Å². The minimum absolute atomic E-state index is 0.194. The van der Waals surface area contributed by atoms with Crippen LogP contribution in [0.5, 0.6) is 0 Å². The summed E-state index contributed by atoms with van der Waals surface area (Å²) in [6, 6.07) is 4.47. The quantitative estimate of drug-likeness (QED) is 0.940. The van der Waals surface area contributed by atoms with E-state index in [1.807, 2.05) is 4.68 Å². The molecule has 1 fully saturated rings. The van der Waals surface area contributed by atoms with Crippen molar-refractivity contribution in [2.45, 2.75) is 45.6 Å². The fourth-order valence-electron chi connectivity index (χ4n) is 2.90. The average molecular weight is 289 g/mol. The molecule has 1 aliphatic carbocycles. The first kappa shape index (κ1) is 13.9. The largest absolute Gasteiger partial charge is 0.393 e. The zero-order chi connectivity index (χ0) is 15.1. The van der Waals surface area contributed by atoms with E-state index in [2.05, 4.69) is 6.92 Å². The number of benzene rings is 1. The summed E-state index contributed by atoms with van der Waals surface area (Å²) >= 11 is 0. The molecule has 1 heterocycles. The monoisotopic (exact) mass is 289 g/mol. The van der Waals surface area contributed by atoms with Crippen LogP contribution in [0.1, 0.15) is 43.4 Å². The van der Waals surface area contributed by atoms with E-state index in [0.29, 0.717) is 17.3 Å². The second-order valence-electron chi connectivity index (χ2n) is 5.74.